The number of hydrogen-bond acceptors (Lipinski definition) is 3. The average molecular weight is 389 g/mol. The van der Waals surface area contributed by atoms with Gasteiger partial charge >= 0.3 is 8.80 Å². The van der Waals surface area contributed by atoms with Crippen LogP contribution in [0, 0.1) is 17.8 Å². The van der Waals surface area contributed by atoms with Crippen molar-refractivity contribution in [2.75, 3.05) is 19.8 Å². The van der Waals surface area contributed by atoms with Crippen LogP contribution < -0.4 is 0 Å². The van der Waals surface area contributed by atoms with E-state index in [0.717, 1.165) is 32.3 Å². The van der Waals surface area contributed by atoms with E-state index in [4.69, 9.17) is 13.3 Å². The van der Waals surface area contributed by atoms with Gasteiger partial charge in [0, 0.05) is 25.9 Å². The third-order valence-electron chi connectivity index (χ3n) is 4.25. The molecule has 0 amide bonds. The van der Waals surface area contributed by atoms with E-state index < -0.39 is 8.80 Å². The van der Waals surface area contributed by atoms with Gasteiger partial charge in [-0.15, -0.1) is 0 Å². The molecule has 0 fully saturated rings. The second-order valence-electron chi connectivity index (χ2n) is 9.02. The summed E-state index contributed by atoms with van der Waals surface area (Å²) in [6.07, 6.45) is 10.6. The maximum atomic E-state index is 6.35. The lowest BCUT2D eigenvalue weighted by molar-refractivity contribution is 0.0362. The Morgan fingerprint density at radius 2 is 0.885 bits per heavy atom. The summed E-state index contributed by atoms with van der Waals surface area (Å²) in [4.78, 5) is 0. The summed E-state index contributed by atoms with van der Waals surface area (Å²) in [7, 11) is -2.57. The number of unbranched alkanes of at least 4 members (excludes halogenated alkanes) is 7. The topological polar surface area (TPSA) is 27.7 Å². The largest absolute Gasteiger partial charge is 0.500 e. The van der Waals surface area contributed by atoms with E-state index in [9.17, 15) is 0 Å². The first kappa shape index (κ1) is 26.1. The molecule has 0 rings (SSSR count). The van der Waals surface area contributed by atoms with Crippen molar-refractivity contribution < 1.29 is 13.3 Å². The quantitative estimate of drug-likeness (QED) is 0.185. The third-order valence-corrected chi connectivity index (χ3v) is 7.03. The molecular formula is C22H48O3Si. The Balaban J connectivity index is 4.53. The van der Waals surface area contributed by atoms with Gasteiger partial charge in [0.05, 0.1) is 0 Å². The lowest BCUT2D eigenvalue weighted by Crippen LogP contribution is -2.48. The summed E-state index contributed by atoms with van der Waals surface area (Å²) in [5, 5.41) is 0. The SMILES string of the molecule is CCCCCCCCCC[Si](OCC(C)C)(OCC(C)C)OCC(C)C. The second kappa shape index (κ2) is 16.1. The molecule has 158 valence electrons. The lowest BCUT2D eigenvalue weighted by atomic mass is 10.1. The van der Waals surface area contributed by atoms with Gasteiger partial charge in [-0.25, -0.2) is 0 Å². The molecule has 0 bridgehead atoms. The van der Waals surface area contributed by atoms with Crippen LogP contribution in [0.1, 0.15) is 99.8 Å². The molecule has 0 radical (unpaired) electrons. The van der Waals surface area contributed by atoms with Crippen molar-refractivity contribution in [3.05, 3.63) is 0 Å². The number of hydrogen-bond donors (Lipinski definition) is 0. The van der Waals surface area contributed by atoms with Crippen LogP contribution in [-0.4, -0.2) is 28.6 Å². The first-order valence-electron chi connectivity index (χ1n) is 11.2. The normalized spacial score (nSPS) is 12.7. The molecule has 0 saturated carbocycles. The van der Waals surface area contributed by atoms with Crippen LogP contribution in [0.15, 0.2) is 0 Å². The Morgan fingerprint density at radius 3 is 1.23 bits per heavy atom. The highest BCUT2D eigenvalue weighted by Crippen LogP contribution is 2.23. The van der Waals surface area contributed by atoms with E-state index in [1.54, 1.807) is 0 Å². The first-order chi connectivity index (χ1) is 12.3. The third kappa shape index (κ3) is 15.2. The van der Waals surface area contributed by atoms with Gasteiger partial charge in [0.15, 0.2) is 0 Å². The predicted molar refractivity (Wildman–Crippen MR) is 116 cm³/mol. The zero-order chi connectivity index (χ0) is 19.8. The van der Waals surface area contributed by atoms with Crippen molar-refractivity contribution in [3.63, 3.8) is 0 Å². The van der Waals surface area contributed by atoms with Gasteiger partial charge in [0.1, 0.15) is 0 Å². The van der Waals surface area contributed by atoms with Crippen molar-refractivity contribution in [1.29, 1.82) is 0 Å². The molecule has 0 aromatic rings. The summed E-state index contributed by atoms with van der Waals surface area (Å²) >= 11 is 0. The van der Waals surface area contributed by atoms with Gasteiger partial charge in [0.25, 0.3) is 0 Å². The van der Waals surface area contributed by atoms with Crippen molar-refractivity contribution in [2.24, 2.45) is 17.8 Å². The fraction of sp³-hybridized carbons (Fsp3) is 1.00. The van der Waals surface area contributed by atoms with Gasteiger partial charge in [-0.05, 0) is 24.2 Å². The molecule has 0 saturated heterocycles. The van der Waals surface area contributed by atoms with Gasteiger partial charge in [-0.1, -0.05) is 93.4 Å². The fourth-order valence-electron chi connectivity index (χ4n) is 2.70. The highest BCUT2D eigenvalue weighted by molar-refractivity contribution is 6.60. The van der Waals surface area contributed by atoms with Gasteiger partial charge in [-0.2, -0.15) is 0 Å². The van der Waals surface area contributed by atoms with Gasteiger partial charge in [-0.3, -0.25) is 0 Å². The van der Waals surface area contributed by atoms with E-state index in [0.29, 0.717) is 17.8 Å². The van der Waals surface area contributed by atoms with Crippen LogP contribution in [0.5, 0.6) is 0 Å². The van der Waals surface area contributed by atoms with Crippen LogP contribution >= 0.6 is 0 Å². The van der Waals surface area contributed by atoms with Crippen molar-refractivity contribution in [1.82, 2.24) is 0 Å². The standard InChI is InChI=1S/C22H48O3Si/c1-8-9-10-11-12-13-14-15-16-26(23-17-20(2)3,24-18-21(4)5)25-19-22(6)7/h20-22H,8-19H2,1-7H3. The maximum absolute atomic E-state index is 6.35. The maximum Gasteiger partial charge on any atom is 0.500 e. The fourth-order valence-corrected chi connectivity index (χ4v) is 5.83. The summed E-state index contributed by atoms with van der Waals surface area (Å²) < 4.78 is 19.0. The van der Waals surface area contributed by atoms with Crippen molar-refractivity contribution in [3.8, 4) is 0 Å². The first-order valence-corrected chi connectivity index (χ1v) is 13.2. The van der Waals surface area contributed by atoms with Crippen LogP contribution in [-0.2, 0) is 13.3 Å². The molecule has 0 aliphatic rings. The lowest BCUT2D eigenvalue weighted by Gasteiger charge is -2.32. The average Bonchev–Trinajstić information content (AvgIpc) is 2.57. The predicted octanol–water partition coefficient (Wildman–Crippen LogP) is 7.08. The second-order valence-corrected chi connectivity index (χ2v) is 11.8. The number of rotatable bonds is 18. The van der Waals surface area contributed by atoms with E-state index in [1.165, 1.54) is 44.9 Å². The Bertz CT molecular complexity index is 274. The Labute approximate surface area is 165 Å². The molecule has 0 unspecified atom stereocenters. The van der Waals surface area contributed by atoms with E-state index in [2.05, 4.69) is 48.5 Å². The minimum atomic E-state index is -2.57. The van der Waals surface area contributed by atoms with E-state index in [1.807, 2.05) is 0 Å². The van der Waals surface area contributed by atoms with Crippen LogP contribution in [0.4, 0.5) is 0 Å². The highest BCUT2D eigenvalue weighted by Gasteiger charge is 2.41. The minimum Gasteiger partial charge on any atom is -0.373 e. The zero-order valence-electron chi connectivity index (χ0n) is 18.9. The summed E-state index contributed by atoms with van der Waals surface area (Å²) in [5.74, 6) is 1.52. The molecule has 0 spiro atoms. The molecule has 26 heavy (non-hydrogen) atoms. The Morgan fingerprint density at radius 1 is 0.538 bits per heavy atom. The van der Waals surface area contributed by atoms with Crippen LogP contribution in [0.2, 0.25) is 6.04 Å². The van der Waals surface area contributed by atoms with Crippen LogP contribution in [0.3, 0.4) is 0 Å². The summed E-state index contributed by atoms with van der Waals surface area (Å²) in [6, 6.07) is 0.966. The Hall–Kier alpha value is 0.0969. The molecule has 0 aliphatic heterocycles. The van der Waals surface area contributed by atoms with E-state index in [-0.39, 0.29) is 0 Å². The monoisotopic (exact) mass is 388 g/mol. The van der Waals surface area contributed by atoms with Crippen molar-refractivity contribution in [2.45, 2.75) is 106 Å². The van der Waals surface area contributed by atoms with Crippen molar-refractivity contribution >= 4 is 8.80 Å². The Kier molecular flexibility index (Phi) is 16.1. The molecule has 3 nitrogen and oxygen atoms in total. The summed E-state index contributed by atoms with van der Waals surface area (Å²) in [6.45, 7) is 17.6. The smallest absolute Gasteiger partial charge is 0.373 e. The molecule has 0 aromatic carbocycles. The van der Waals surface area contributed by atoms with Crippen LogP contribution in [0.25, 0.3) is 0 Å². The van der Waals surface area contributed by atoms with E-state index >= 15 is 0 Å². The molecular weight excluding hydrogens is 340 g/mol. The molecule has 0 heterocycles. The molecule has 0 N–H and O–H groups in total. The molecule has 0 atom stereocenters. The highest BCUT2D eigenvalue weighted by atomic mass is 28.4. The zero-order valence-corrected chi connectivity index (χ0v) is 19.9. The van der Waals surface area contributed by atoms with Gasteiger partial charge < -0.3 is 13.3 Å². The van der Waals surface area contributed by atoms with Gasteiger partial charge in [0.2, 0.25) is 0 Å². The minimum absolute atomic E-state index is 0.505. The summed E-state index contributed by atoms with van der Waals surface area (Å²) in [5.41, 5.74) is 0. The molecule has 0 aliphatic carbocycles. The molecule has 0 aromatic heterocycles. The molecule has 4 heteroatoms.